The summed E-state index contributed by atoms with van der Waals surface area (Å²) in [5.41, 5.74) is 3.52. The highest BCUT2D eigenvalue weighted by atomic mass is 16.5. The van der Waals surface area contributed by atoms with E-state index >= 15 is 0 Å². The summed E-state index contributed by atoms with van der Waals surface area (Å²) in [4.78, 5) is 16.4. The number of rotatable bonds is 10. The van der Waals surface area contributed by atoms with Gasteiger partial charge in [-0.25, -0.2) is 4.98 Å². The maximum Gasteiger partial charge on any atom is 0.305 e. The van der Waals surface area contributed by atoms with Gasteiger partial charge in [-0.05, 0) is 44.2 Å². The van der Waals surface area contributed by atoms with Crippen molar-refractivity contribution in [1.82, 2.24) is 19.6 Å². The Bertz CT molecular complexity index is 1030. The summed E-state index contributed by atoms with van der Waals surface area (Å²) in [6.07, 6.45) is 3.15. The molecule has 30 heavy (non-hydrogen) atoms. The molecule has 8 nitrogen and oxygen atoms in total. The fourth-order valence-corrected chi connectivity index (χ4v) is 3.35. The molecule has 1 N–H and O–H groups in total. The van der Waals surface area contributed by atoms with Crippen molar-refractivity contribution in [3.63, 3.8) is 0 Å². The predicted molar refractivity (Wildman–Crippen MR) is 117 cm³/mol. The second-order valence-electron chi connectivity index (χ2n) is 7.99. The molecule has 0 atom stereocenters. The van der Waals surface area contributed by atoms with Gasteiger partial charge in [0.1, 0.15) is 11.6 Å². The number of nitrogens with one attached hydrogen (secondary N) is 1. The number of nitrogens with zero attached hydrogens (tertiary/aromatic N) is 4. The first-order valence-electron chi connectivity index (χ1n) is 10.5. The largest absolute Gasteiger partial charge is 0.496 e. The van der Waals surface area contributed by atoms with Crippen molar-refractivity contribution in [2.45, 2.75) is 53.4 Å². The molecule has 2 aromatic heterocycles. The third-order valence-electron chi connectivity index (χ3n) is 4.93. The number of hydrogen-bond donors (Lipinski definition) is 1. The van der Waals surface area contributed by atoms with Crippen LogP contribution in [0, 0.1) is 19.8 Å². The summed E-state index contributed by atoms with van der Waals surface area (Å²) < 4.78 is 12.7. The molecule has 0 bridgehead atoms. The zero-order valence-electron chi connectivity index (χ0n) is 18.5. The standard InChI is InChI=1S/C22H31N5O3/c1-14(2)13-30-20(28)9-7-6-8-10-23-21-22-26-25-16(4)27(22)18-11-15(3)19(29-5)12-17(18)24-21/h11-12,14H,6-10,13H2,1-5H3,(H,23,24). The summed E-state index contributed by atoms with van der Waals surface area (Å²) >= 11 is 0. The minimum Gasteiger partial charge on any atom is -0.496 e. The molecule has 3 aromatic rings. The smallest absolute Gasteiger partial charge is 0.305 e. The number of benzene rings is 1. The van der Waals surface area contributed by atoms with Gasteiger partial charge in [-0.2, -0.15) is 0 Å². The lowest BCUT2D eigenvalue weighted by molar-refractivity contribution is -0.144. The maximum atomic E-state index is 11.7. The number of aromatic nitrogens is 4. The topological polar surface area (TPSA) is 90.6 Å². The fourth-order valence-electron chi connectivity index (χ4n) is 3.35. The van der Waals surface area contributed by atoms with Crippen molar-refractivity contribution in [2.75, 3.05) is 25.6 Å². The molecular weight excluding hydrogens is 382 g/mol. The Kier molecular flexibility index (Phi) is 7.07. The molecule has 0 unspecified atom stereocenters. The summed E-state index contributed by atoms with van der Waals surface area (Å²) in [6, 6.07) is 3.99. The number of esters is 1. The van der Waals surface area contributed by atoms with Gasteiger partial charge in [-0.15, -0.1) is 10.2 Å². The number of anilines is 1. The summed E-state index contributed by atoms with van der Waals surface area (Å²) in [5.74, 6) is 2.57. The second kappa shape index (κ2) is 9.73. The summed E-state index contributed by atoms with van der Waals surface area (Å²) in [5, 5.41) is 11.9. The van der Waals surface area contributed by atoms with Gasteiger partial charge in [-0.3, -0.25) is 9.20 Å². The number of methoxy groups -OCH3 is 1. The Morgan fingerprint density at radius 1 is 1.17 bits per heavy atom. The molecule has 162 valence electrons. The number of unbranched alkanes of at least 4 members (excludes halogenated alkanes) is 2. The van der Waals surface area contributed by atoms with Crippen LogP contribution in [0.1, 0.15) is 50.9 Å². The van der Waals surface area contributed by atoms with Crippen LogP contribution in [-0.2, 0) is 9.53 Å². The van der Waals surface area contributed by atoms with Crippen molar-refractivity contribution in [3.8, 4) is 5.75 Å². The number of carbonyl (C=O) groups excluding carboxylic acids is 1. The van der Waals surface area contributed by atoms with Gasteiger partial charge < -0.3 is 14.8 Å². The van der Waals surface area contributed by atoms with E-state index < -0.39 is 0 Å². The molecule has 8 heteroatoms. The van der Waals surface area contributed by atoms with E-state index in [1.807, 2.05) is 44.2 Å². The van der Waals surface area contributed by atoms with Gasteiger partial charge in [-0.1, -0.05) is 20.3 Å². The van der Waals surface area contributed by atoms with Gasteiger partial charge in [0.2, 0.25) is 5.65 Å². The number of fused-ring (bicyclic) bond motifs is 3. The first-order chi connectivity index (χ1) is 14.4. The number of carbonyl (C=O) groups is 1. The Labute approximate surface area is 177 Å². The van der Waals surface area contributed by atoms with Gasteiger partial charge in [0.15, 0.2) is 5.82 Å². The number of aryl methyl sites for hydroxylation is 2. The van der Waals surface area contributed by atoms with Crippen molar-refractivity contribution >= 4 is 28.5 Å². The normalized spacial score (nSPS) is 11.4. The maximum absolute atomic E-state index is 11.7. The zero-order chi connectivity index (χ0) is 21.7. The van der Waals surface area contributed by atoms with Gasteiger partial charge in [0.05, 0.1) is 24.8 Å². The van der Waals surface area contributed by atoms with Crippen LogP contribution in [0.4, 0.5) is 5.82 Å². The molecule has 2 heterocycles. The number of ether oxygens (including phenoxy) is 2. The molecular formula is C22H31N5O3. The predicted octanol–water partition coefficient (Wildman–Crippen LogP) is 4.07. The molecule has 0 spiro atoms. The number of hydrogen-bond acceptors (Lipinski definition) is 7. The van der Waals surface area contributed by atoms with Crippen LogP contribution in [0.5, 0.6) is 5.75 Å². The molecule has 3 rings (SSSR count). The Morgan fingerprint density at radius 2 is 1.97 bits per heavy atom. The summed E-state index contributed by atoms with van der Waals surface area (Å²) in [7, 11) is 1.66. The van der Waals surface area contributed by atoms with Crippen LogP contribution in [0.2, 0.25) is 0 Å². The van der Waals surface area contributed by atoms with Crippen LogP contribution >= 0.6 is 0 Å². The minimum absolute atomic E-state index is 0.113. The average molecular weight is 414 g/mol. The third-order valence-corrected chi connectivity index (χ3v) is 4.93. The van der Waals surface area contributed by atoms with Crippen molar-refractivity contribution in [1.29, 1.82) is 0 Å². The lowest BCUT2D eigenvalue weighted by atomic mass is 10.2. The van der Waals surface area contributed by atoms with Gasteiger partial charge >= 0.3 is 5.97 Å². The quantitative estimate of drug-likeness (QED) is 0.396. The molecule has 0 radical (unpaired) electrons. The van der Waals surface area contributed by atoms with Crippen LogP contribution in [-0.4, -0.2) is 45.8 Å². The SMILES string of the molecule is COc1cc2nc(NCCCCCC(=O)OCC(C)C)c3nnc(C)n3c2cc1C. The van der Waals surface area contributed by atoms with Gasteiger partial charge in [0.25, 0.3) is 0 Å². The highest BCUT2D eigenvalue weighted by Gasteiger charge is 2.14. The van der Waals surface area contributed by atoms with Crippen molar-refractivity contribution in [3.05, 3.63) is 23.5 Å². The van der Waals surface area contributed by atoms with E-state index in [1.54, 1.807) is 7.11 Å². The van der Waals surface area contributed by atoms with Crippen LogP contribution in [0.25, 0.3) is 16.7 Å². The minimum atomic E-state index is -0.113. The van der Waals surface area contributed by atoms with E-state index in [2.05, 4.69) is 15.5 Å². The molecule has 0 saturated heterocycles. The molecule has 0 saturated carbocycles. The van der Waals surface area contributed by atoms with Crippen molar-refractivity contribution < 1.29 is 14.3 Å². The Morgan fingerprint density at radius 3 is 2.70 bits per heavy atom. The van der Waals surface area contributed by atoms with E-state index in [1.165, 1.54) is 0 Å². The lowest BCUT2D eigenvalue weighted by Gasteiger charge is -2.12. The van der Waals surface area contributed by atoms with Gasteiger partial charge in [0, 0.05) is 19.0 Å². The molecule has 0 aliphatic carbocycles. The molecule has 1 aromatic carbocycles. The van der Waals surface area contributed by atoms with Crippen molar-refractivity contribution in [2.24, 2.45) is 5.92 Å². The van der Waals surface area contributed by atoms with Crippen LogP contribution in [0.3, 0.4) is 0 Å². The first kappa shape index (κ1) is 21.8. The lowest BCUT2D eigenvalue weighted by Crippen LogP contribution is -2.10. The van der Waals surface area contributed by atoms with E-state index in [9.17, 15) is 4.79 Å². The molecule has 0 amide bonds. The Hall–Kier alpha value is -2.90. The molecule has 0 aliphatic heterocycles. The third kappa shape index (κ3) is 4.98. The van der Waals surface area contributed by atoms with Crippen LogP contribution < -0.4 is 10.1 Å². The first-order valence-corrected chi connectivity index (χ1v) is 10.5. The Balaban J connectivity index is 1.63. The summed E-state index contributed by atoms with van der Waals surface area (Å²) in [6.45, 7) is 9.24. The monoisotopic (exact) mass is 413 g/mol. The molecule has 0 fully saturated rings. The highest BCUT2D eigenvalue weighted by molar-refractivity contribution is 5.85. The van der Waals surface area contributed by atoms with E-state index in [4.69, 9.17) is 14.5 Å². The highest BCUT2D eigenvalue weighted by Crippen LogP contribution is 2.28. The average Bonchev–Trinajstić information content (AvgIpc) is 3.11. The molecule has 0 aliphatic rings. The van der Waals surface area contributed by atoms with E-state index in [-0.39, 0.29) is 5.97 Å². The van der Waals surface area contributed by atoms with E-state index in [0.29, 0.717) is 30.4 Å². The second-order valence-corrected chi connectivity index (χ2v) is 7.99. The zero-order valence-corrected chi connectivity index (χ0v) is 18.5. The fraction of sp³-hybridized carbons (Fsp3) is 0.545. The van der Waals surface area contributed by atoms with Crippen LogP contribution in [0.15, 0.2) is 12.1 Å². The van der Waals surface area contributed by atoms with E-state index in [0.717, 1.165) is 54.0 Å².